The van der Waals surface area contributed by atoms with E-state index in [0.29, 0.717) is 17.1 Å². The van der Waals surface area contributed by atoms with Gasteiger partial charge in [0.25, 0.3) is 6.04 Å². The summed E-state index contributed by atoms with van der Waals surface area (Å²) in [6.45, 7) is 8.16. The van der Waals surface area contributed by atoms with E-state index in [1.54, 1.807) is 26.2 Å². The molecule has 0 N–H and O–H groups in total. The number of hydrogen-bond acceptors (Lipinski definition) is 9. The van der Waals surface area contributed by atoms with Crippen molar-refractivity contribution < 1.29 is 14.5 Å². The van der Waals surface area contributed by atoms with Crippen LogP contribution < -0.4 is 4.90 Å². The van der Waals surface area contributed by atoms with Gasteiger partial charge in [0.15, 0.2) is 0 Å². The first-order valence-corrected chi connectivity index (χ1v) is 12.3. The van der Waals surface area contributed by atoms with E-state index in [1.807, 2.05) is 36.0 Å². The molecule has 0 saturated carbocycles. The number of rotatable bonds is 9. The van der Waals surface area contributed by atoms with Crippen LogP contribution in [0.4, 0.5) is 5.95 Å². The Morgan fingerprint density at radius 1 is 1.14 bits per heavy atom. The number of hydrogen-bond donors (Lipinski definition) is 0. The Morgan fingerprint density at radius 3 is 2.50 bits per heavy atom. The lowest BCUT2D eigenvalue weighted by Crippen LogP contribution is -2.47. The van der Waals surface area contributed by atoms with Crippen LogP contribution in [0.2, 0.25) is 0 Å². The van der Waals surface area contributed by atoms with Gasteiger partial charge in [0.05, 0.1) is 17.9 Å². The van der Waals surface area contributed by atoms with Crippen LogP contribution in [0.1, 0.15) is 38.3 Å². The third-order valence-electron chi connectivity index (χ3n) is 6.85. The van der Waals surface area contributed by atoms with E-state index in [0.717, 1.165) is 51.5 Å². The van der Waals surface area contributed by atoms with Crippen LogP contribution in [-0.2, 0) is 16.6 Å². The maximum atomic E-state index is 13.1. The highest BCUT2D eigenvalue weighted by atomic mass is 16.6. The monoisotopic (exact) mass is 495 g/mol. The zero-order valence-corrected chi connectivity index (χ0v) is 21.0. The number of carbonyl (C=O) groups excluding carboxylic acids is 1. The fourth-order valence-electron chi connectivity index (χ4n) is 4.98. The zero-order valence-electron chi connectivity index (χ0n) is 21.0. The van der Waals surface area contributed by atoms with Gasteiger partial charge in [-0.1, -0.05) is 0 Å². The molecule has 2 aliphatic heterocycles. The number of aliphatic imine (C=N–C) groups is 1. The van der Waals surface area contributed by atoms with Gasteiger partial charge < -0.3 is 14.2 Å². The number of aryl methyl sites for hydroxylation is 1. The lowest BCUT2D eigenvalue weighted by Gasteiger charge is -2.34. The minimum absolute atomic E-state index is 0.263. The van der Waals surface area contributed by atoms with E-state index >= 15 is 0 Å². The number of ether oxygens (including phenoxy) is 1. The second-order valence-electron chi connectivity index (χ2n) is 9.22. The first kappa shape index (κ1) is 25.5. The molecule has 0 bridgehead atoms. The topological polar surface area (TPSA) is 119 Å². The summed E-state index contributed by atoms with van der Waals surface area (Å²) in [6, 6.07) is 4.34. The molecule has 0 aromatic carbocycles. The van der Waals surface area contributed by atoms with Gasteiger partial charge in [-0.3, -0.25) is 20.0 Å². The largest absolute Gasteiger partial charge is 0.462 e. The van der Waals surface area contributed by atoms with Crippen molar-refractivity contribution in [2.45, 2.75) is 38.6 Å². The van der Waals surface area contributed by atoms with Crippen molar-refractivity contribution in [1.82, 2.24) is 19.4 Å². The molecule has 2 aromatic rings. The summed E-state index contributed by atoms with van der Waals surface area (Å²) in [7, 11) is 1.82. The third-order valence-corrected chi connectivity index (χ3v) is 6.85. The number of nitro groups is 1. The lowest BCUT2D eigenvalue weighted by atomic mass is 9.83. The van der Waals surface area contributed by atoms with Crippen molar-refractivity contribution in [1.29, 1.82) is 0 Å². The Bertz CT molecular complexity index is 1140. The first-order valence-electron chi connectivity index (χ1n) is 12.3. The number of carbonyl (C=O) groups is 1. The number of aromatic nitrogens is 3. The van der Waals surface area contributed by atoms with Crippen LogP contribution in [0.25, 0.3) is 0 Å². The molecule has 192 valence electrons. The summed E-state index contributed by atoms with van der Waals surface area (Å²) in [5.74, 6) is -0.503. The highest BCUT2D eigenvalue weighted by Gasteiger charge is 2.45. The fraction of sp³-hybridized carbons (Fsp3) is 0.520. The summed E-state index contributed by atoms with van der Waals surface area (Å²) < 4.78 is 7.42. The average Bonchev–Trinajstić information content (AvgIpc) is 3.29. The molecule has 0 amide bonds. The van der Waals surface area contributed by atoms with Crippen molar-refractivity contribution >= 4 is 17.6 Å². The van der Waals surface area contributed by atoms with Crippen LogP contribution in [0.5, 0.6) is 0 Å². The smallest absolute Gasteiger partial charge is 0.336 e. The summed E-state index contributed by atoms with van der Waals surface area (Å²) >= 11 is 0. The quantitative estimate of drug-likeness (QED) is 0.225. The molecule has 11 nitrogen and oxygen atoms in total. The molecule has 2 unspecified atom stereocenters. The van der Waals surface area contributed by atoms with Crippen molar-refractivity contribution in [3.63, 3.8) is 0 Å². The molecule has 1 fully saturated rings. The van der Waals surface area contributed by atoms with Crippen molar-refractivity contribution in [3.05, 3.63) is 63.9 Å². The highest BCUT2D eigenvalue weighted by Crippen LogP contribution is 2.37. The first-order chi connectivity index (χ1) is 17.4. The van der Waals surface area contributed by atoms with Gasteiger partial charge in [-0.05, 0) is 51.4 Å². The minimum atomic E-state index is -1.11. The van der Waals surface area contributed by atoms with Crippen LogP contribution >= 0.6 is 0 Å². The van der Waals surface area contributed by atoms with Crippen LogP contribution in [0, 0.1) is 10.1 Å². The Kier molecular flexibility index (Phi) is 8.09. The number of piperazine rings is 1. The van der Waals surface area contributed by atoms with E-state index in [9.17, 15) is 14.9 Å². The summed E-state index contributed by atoms with van der Waals surface area (Å²) in [5, 5.41) is 11.9. The van der Waals surface area contributed by atoms with Crippen LogP contribution in [0.15, 0.2) is 53.1 Å². The zero-order chi connectivity index (χ0) is 25.7. The van der Waals surface area contributed by atoms with Crippen molar-refractivity contribution in [2.75, 3.05) is 44.2 Å². The van der Waals surface area contributed by atoms with Gasteiger partial charge in [-0.2, -0.15) is 0 Å². The van der Waals surface area contributed by atoms with Crippen molar-refractivity contribution in [2.24, 2.45) is 12.0 Å². The second-order valence-corrected chi connectivity index (χ2v) is 9.22. The molecule has 1 saturated heterocycles. The van der Waals surface area contributed by atoms with E-state index < -0.39 is 17.9 Å². The molecule has 2 aliphatic rings. The summed E-state index contributed by atoms with van der Waals surface area (Å²) in [4.78, 5) is 42.2. The van der Waals surface area contributed by atoms with Gasteiger partial charge >= 0.3 is 5.97 Å². The lowest BCUT2D eigenvalue weighted by molar-refractivity contribution is -0.505. The number of esters is 1. The van der Waals surface area contributed by atoms with Crippen LogP contribution in [-0.4, -0.2) is 81.4 Å². The standard InChI is InChI=1S/C25H33N7O4/c1-18-21(22(20-8-6-11-29(20)3)23(32(34)35)19(2)28-18)24(33)36-17-5-4-12-30-13-15-31(16-14-30)25-26-9-7-10-27-25/h6-11,22-23H,4-5,12-17H2,1-3H3. The molecule has 4 rings (SSSR count). The SMILES string of the molecule is CC1=NC(C)=C(C(=O)OCCCCN2CCN(c3ncccn3)CC2)C(c2cccn2C)C1[N+](=O)[O-]. The fourth-order valence-corrected chi connectivity index (χ4v) is 4.98. The Hall–Kier alpha value is -3.60. The van der Waals surface area contributed by atoms with E-state index in [1.165, 1.54) is 0 Å². The molecular weight excluding hydrogens is 462 g/mol. The number of nitrogens with zero attached hydrogens (tertiary/aromatic N) is 7. The Balaban J connectivity index is 1.29. The Morgan fingerprint density at radius 2 is 1.86 bits per heavy atom. The number of allylic oxidation sites excluding steroid dienone is 1. The van der Waals surface area contributed by atoms with Gasteiger partial charge in [0.1, 0.15) is 5.92 Å². The highest BCUT2D eigenvalue weighted by molar-refractivity contribution is 5.98. The maximum absolute atomic E-state index is 13.1. The van der Waals surface area contributed by atoms with Crippen LogP contribution in [0.3, 0.4) is 0 Å². The number of anilines is 1. The van der Waals surface area contributed by atoms with Gasteiger partial charge in [0, 0.05) is 68.1 Å². The Labute approximate surface area is 210 Å². The van der Waals surface area contributed by atoms with Gasteiger partial charge in [0.2, 0.25) is 5.95 Å². The third kappa shape index (κ3) is 5.62. The normalized spacial score (nSPS) is 20.9. The second kappa shape index (κ2) is 11.4. The van der Waals surface area contributed by atoms with E-state index in [2.05, 4.69) is 24.8 Å². The molecule has 4 heterocycles. The molecular formula is C25H33N7O4. The molecule has 0 spiro atoms. The predicted molar refractivity (Wildman–Crippen MR) is 136 cm³/mol. The van der Waals surface area contributed by atoms with Gasteiger partial charge in [-0.15, -0.1) is 0 Å². The molecule has 0 aliphatic carbocycles. The predicted octanol–water partition coefficient (Wildman–Crippen LogP) is 2.44. The van der Waals surface area contributed by atoms with E-state index in [4.69, 9.17) is 4.74 Å². The molecule has 11 heteroatoms. The average molecular weight is 496 g/mol. The molecule has 0 radical (unpaired) electrons. The molecule has 2 atom stereocenters. The molecule has 2 aromatic heterocycles. The van der Waals surface area contributed by atoms with E-state index in [-0.39, 0.29) is 17.1 Å². The maximum Gasteiger partial charge on any atom is 0.336 e. The summed E-state index contributed by atoms with van der Waals surface area (Å²) in [6.07, 6.45) is 6.94. The van der Waals surface area contributed by atoms with Crippen molar-refractivity contribution in [3.8, 4) is 0 Å². The summed E-state index contributed by atoms with van der Waals surface area (Å²) in [5.41, 5.74) is 1.82. The number of unbranched alkanes of at least 4 members (excludes halogenated alkanes) is 1. The molecule has 36 heavy (non-hydrogen) atoms. The van der Waals surface area contributed by atoms with Gasteiger partial charge in [-0.25, -0.2) is 14.8 Å². The minimum Gasteiger partial charge on any atom is -0.462 e.